The zero-order valence-corrected chi connectivity index (χ0v) is 17.9. The summed E-state index contributed by atoms with van der Waals surface area (Å²) in [6.07, 6.45) is 4.13. The number of fused-ring (bicyclic) bond motifs is 2. The second-order valence-electron chi connectivity index (χ2n) is 8.32. The number of aromatic nitrogens is 2. The van der Waals surface area contributed by atoms with Gasteiger partial charge in [0.1, 0.15) is 15.2 Å². The van der Waals surface area contributed by atoms with E-state index in [0.29, 0.717) is 34.0 Å². The molecule has 2 aliphatic rings. The number of carbonyl (C=O) groups is 2. The topological polar surface area (TPSA) is 121 Å². The third-order valence-electron chi connectivity index (χ3n) is 6.12. The Balaban J connectivity index is 1.26. The van der Waals surface area contributed by atoms with E-state index in [1.807, 2.05) is 13.0 Å². The Morgan fingerprint density at radius 3 is 2.87 bits per heavy atom. The molecule has 1 fully saturated rings. The smallest absolute Gasteiger partial charge is 0.310 e. The van der Waals surface area contributed by atoms with Crippen molar-refractivity contribution in [1.29, 1.82) is 0 Å². The summed E-state index contributed by atoms with van der Waals surface area (Å²) >= 11 is 1.28. The Kier molecular flexibility index (Phi) is 4.77. The number of nitrogens with two attached hydrogens (primary N) is 1. The Morgan fingerprint density at radius 2 is 2.10 bits per heavy atom. The van der Waals surface area contributed by atoms with Crippen LogP contribution >= 0.6 is 11.3 Å². The molecule has 1 amide bonds. The second kappa shape index (κ2) is 7.49. The molecule has 4 N–H and O–H groups in total. The fourth-order valence-electron chi connectivity index (χ4n) is 4.30. The molecule has 1 aliphatic heterocycles. The van der Waals surface area contributed by atoms with Crippen molar-refractivity contribution in [1.82, 2.24) is 15.3 Å². The number of aliphatic carboxylic acids is 1. The number of nitrogens with zero attached hydrogens (tertiary/aromatic N) is 3. The van der Waals surface area contributed by atoms with E-state index in [1.54, 1.807) is 6.20 Å². The first kappa shape index (κ1) is 19.7. The van der Waals surface area contributed by atoms with Gasteiger partial charge in [0.25, 0.3) is 5.91 Å². The maximum Gasteiger partial charge on any atom is 0.310 e. The number of hydrogen-bond donors (Lipinski definition) is 3. The van der Waals surface area contributed by atoms with Crippen LogP contribution in [-0.2, 0) is 17.6 Å². The average molecular weight is 438 g/mol. The average Bonchev–Trinajstić information content (AvgIpc) is 3.02. The molecule has 0 bridgehead atoms. The highest BCUT2D eigenvalue weighted by molar-refractivity contribution is 7.21. The van der Waals surface area contributed by atoms with Gasteiger partial charge in [-0.15, -0.1) is 11.3 Å². The molecule has 3 heterocycles. The molecular formula is C22H23N5O3S. The molecule has 5 rings (SSSR count). The molecule has 0 saturated carbocycles. The Bertz CT molecular complexity index is 1200. The van der Waals surface area contributed by atoms with Crippen LogP contribution in [0, 0.1) is 12.8 Å². The molecule has 1 aromatic carbocycles. The Hall–Kier alpha value is -3.20. The summed E-state index contributed by atoms with van der Waals surface area (Å²) in [6.45, 7) is 2.98. The van der Waals surface area contributed by atoms with Crippen molar-refractivity contribution in [2.75, 3.05) is 23.7 Å². The summed E-state index contributed by atoms with van der Waals surface area (Å²) in [7, 11) is 0. The van der Waals surface area contributed by atoms with Gasteiger partial charge in [0.15, 0.2) is 0 Å². The SMILES string of the molecule is Cc1cnc2c(N)c(C(=O)N[C@H]3CCc4cc(N5CC(C(=O)O)C5)ccc4C3)sc2n1. The number of aryl methyl sites for hydroxylation is 2. The number of hydrogen-bond acceptors (Lipinski definition) is 7. The van der Waals surface area contributed by atoms with Crippen molar-refractivity contribution in [2.24, 2.45) is 5.92 Å². The number of anilines is 2. The van der Waals surface area contributed by atoms with Crippen molar-refractivity contribution in [2.45, 2.75) is 32.2 Å². The molecule has 160 valence electrons. The lowest BCUT2D eigenvalue weighted by molar-refractivity contribution is -0.142. The normalized spacial score (nSPS) is 18.5. The molecule has 0 radical (unpaired) electrons. The number of nitrogen functional groups attached to an aromatic ring is 1. The number of amides is 1. The van der Waals surface area contributed by atoms with E-state index in [-0.39, 0.29) is 17.9 Å². The highest BCUT2D eigenvalue weighted by Gasteiger charge is 2.33. The quantitative estimate of drug-likeness (QED) is 0.573. The lowest BCUT2D eigenvalue weighted by Gasteiger charge is -2.39. The first-order valence-electron chi connectivity index (χ1n) is 10.3. The Labute approximate surface area is 183 Å². The minimum absolute atomic E-state index is 0.0403. The van der Waals surface area contributed by atoms with Crippen LogP contribution in [0.5, 0.6) is 0 Å². The molecule has 1 atom stereocenters. The fraction of sp³-hybridized carbons (Fsp3) is 0.364. The van der Waals surface area contributed by atoms with Crippen LogP contribution in [0.25, 0.3) is 10.3 Å². The molecule has 1 saturated heterocycles. The van der Waals surface area contributed by atoms with Crippen LogP contribution in [0.15, 0.2) is 24.4 Å². The zero-order valence-electron chi connectivity index (χ0n) is 17.1. The predicted octanol–water partition coefficient (Wildman–Crippen LogP) is 2.39. The molecule has 1 aliphatic carbocycles. The summed E-state index contributed by atoms with van der Waals surface area (Å²) in [5.41, 5.74) is 11.5. The van der Waals surface area contributed by atoms with Gasteiger partial charge in [-0.25, -0.2) is 9.97 Å². The van der Waals surface area contributed by atoms with E-state index in [4.69, 9.17) is 10.8 Å². The van der Waals surface area contributed by atoms with Gasteiger partial charge in [-0.1, -0.05) is 6.07 Å². The van der Waals surface area contributed by atoms with Gasteiger partial charge in [0.2, 0.25) is 0 Å². The molecule has 0 unspecified atom stereocenters. The van der Waals surface area contributed by atoms with Gasteiger partial charge in [0, 0.05) is 31.0 Å². The molecule has 0 spiro atoms. The fourth-order valence-corrected chi connectivity index (χ4v) is 5.30. The third kappa shape index (κ3) is 3.59. The molecule has 3 aromatic rings. The number of rotatable bonds is 4. The second-order valence-corrected chi connectivity index (χ2v) is 9.32. The lowest BCUT2D eigenvalue weighted by atomic mass is 9.87. The van der Waals surface area contributed by atoms with E-state index < -0.39 is 5.97 Å². The van der Waals surface area contributed by atoms with E-state index in [2.05, 4.69) is 32.3 Å². The first-order chi connectivity index (χ1) is 14.9. The first-order valence-corrected chi connectivity index (χ1v) is 11.1. The number of nitrogens with one attached hydrogen (secondary N) is 1. The van der Waals surface area contributed by atoms with Crippen molar-refractivity contribution >= 4 is 44.9 Å². The van der Waals surface area contributed by atoms with Crippen LogP contribution < -0.4 is 16.0 Å². The number of thiophene rings is 1. The molecule has 9 heteroatoms. The lowest BCUT2D eigenvalue weighted by Crippen LogP contribution is -2.50. The van der Waals surface area contributed by atoms with Crippen LogP contribution in [0.1, 0.15) is 32.9 Å². The predicted molar refractivity (Wildman–Crippen MR) is 120 cm³/mol. The van der Waals surface area contributed by atoms with Crippen LogP contribution in [0.4, 0.5) is 11.4 Å². The van der Waals surface area contributed by atoms with Gasteiger partial charge >= 0.3 is 5.97 Å². The van der Waals surface area contributed by atoms with Gasteiger partial charge in [0.05, 0.1) is 17.3 Å². The van der Waals surface area contributed by atoms with E-state index >= 15 is 0 Å². The molecular weight excluding hydrogens is 414 g/mol. The zero-order chi connectivity index (χ0) is 21.7. The summed E-state index contributed by atoms with van der Waals surface area (Å²) in [5, 5.41) is 12.2. The third-order valence-corrected chi connectivity index (χ3v) is 7.20. The summed E-state index contributed by atoms with van der Waals surface area (Å²) < 4.78 is 0. The number of carboxylic acid groups (broad SMARTS) is 1. The van der Waals surface area contributed by atoms with Gasteiger partial charge in [-0.05, 0) is 49.4 Å². The summed E-state index contributed by atoms with van der Waals surface area (Å²) in [6, 6.07) is 6.35. The number of benzene rings is 1. The molecule has 31 heavy (non-hydrogen) atoms. The van der Waals surface area contributed by atoms with Crippen molar-refractivity contribution in [3.63, 3.8) is 0 Å². The van der Waals surface area contributed by atoms with Crippen molar-refractivity contribution in [3.05, 3.63) is 46.1 Å². The number of carboxylic acids is 1. The van der Waals surface area contributed by atoms with Crippen LogP contribution in [-0.4, -0.2) is 46.1 Å². The van der Waals surface area contributed by atoms with E-state index in [0.717, 1.165) is 30.6 Å². The van der Waals surface area contributed by atoms with E-state index in [1.165, 1.54) is 22.5 Å². The standard InChI is InChI=1S/C22H23N5O3S/c1-11-8-24-18-17(23)19(31-21(18)25-11)20(28)26-15-4-2-13-7-16(5-3-12(13)6-15)27-9-14(10-27)22(29)30/h3,5,7-8,14-15H,2,4,6,9-10,23H2,1H3,(H,26,28)(H,29,30)/t15-/m0/s1. The van der Waals surface area contributed by atoms with Gasteiger partial charge in [-0.3, -0.25) is 9.59 Å². The minimum Gasteiger partial charge on any atom is -0.481 e. The maximum absolute atomic E-state index is 12.9. The van der Waals surface area contributed by atoms with Gasteiger partial charge < -0.3 is 21.1 Å². The Morgan fingerprint density at radius 1 is 1.29 bits per heavy atom. The molecule has 2 aromatic heterocycles. The molecule has 8 nitrogen and oxygen atoms in total. The van der Waals surface area contributed by atoms with E-state index in [9.17, 15) is 9.59 Å². The van der Waals surface area contributed by atoms with Crippen molar-refractivity contribution in [3.8, 4) is 0 Å². The van der Waals surface area contributed by atoms with Crippen LogP contribution in [0.3, 0.4) is 0 Å². The van der Waals surface area contributed by atoms with Crippen molar-refractivity contribution < 1.29 is 14.7 Å². The van der Waals surface area contributed by atoms with Gasteiger partial charge in [-0.2, -0.15) is 0 Å². The van der Waals surface area contributed by atoms with Crippen LogP contribution in [0.2, 0.25) is 0 Å². The highest BCUT2D eigenvalue weighted by atomic mass is 32.1. The monoisotopic (exact) mass is 437 g/mol. The summed E-state index contributed by atoms with van der Waals surface area (Å²) in [5.74, 6) is -1.18. The number of carbonyl (C=O) groups excluding carboxylic acids is 1. The largest absolute Gasteiger partial charge is 0.481 e. The summed E-state index contributed by atoms with van der Waals surface area (Å²) in [4.78, 5) is 35.9. The maximum atomic E-state index is 12.9. The highest BCUT2D eigenvalue weighted by Crippen LogP contribution is 2.32. The minimum atomic E-state index is -0.728.